The number of nitrogens with two attached hydrogens (primary N) is 1. The van der Waals surface area contributed by atoms with Gasteiger partial charge in [0.15, 0.2) is 0 Å². The fourth-order valence-electron chi connectivity index (χ4n) is 1.09. The van der Waals surface area contributed by atoms with Crippen molar-refractivity contribution < 1.29 is 0 Å². The van der Waals surface area contributed by atoms with E-state index in [2.05, 4.69) is 24.1 Å². The predicted molar refractivity (Wildman–Crippen MR) is 63.6 cm³/mol. The summed E-state index contributed by atoms with van der Waals surface area (Å²) in [5, 5.41) is 3.03. The number of nitrogens with one attached hydrogen (secondary N) is 1. The molecule has 0 saturated heterocycles. The molecule has 0 aromatic carbocycles. The Hall–Kier alpha value is -1.25. The number of hydrogen-bond acceptors (Lipinski definition) is 3. The Labute approximate surface area is 86.7 Å². The van der Waals surface area contributed by atoms with Gasteiger partial charge in [0.25, 0.3) is 0 Å². The van der Waals surface area contributed by atoms with Gasteiger partial charge in [-0.3, -0.25) is 0 Å². The van der Waals surface area contributed by atoms with E-state index in [0.717, 1.165) is 11.3 Å². The van der Waals surface area contributed by atoms with Crippen LogP contribution in [0.5, 0.6) is 0 Å². The van der Waals surface area contributed by atoms with Crippen molar-refractivity contribution >= 4 is 11.5 Å². The third-order valence-corrected chi connectivity index (χ3v) is 1.86. The summed E-state index contributed by atoms with van der Waals surface area (Å²) in [6, 6.07) is 2.03. The molecule has 1 aromatic heterocycles. The summed E-state index contributed by atoms with van der Waals surface area (Å²) in [4.78, 5) is 4.09. The molecule has 0 spiro atoms. The van der Waals surface area contributed by atoms with E-state index >= 15 is 0 Å². The molecule has 3 heteroatoms. The summed E-state index contributed by atoms with van der Waals surface area (Å²) in [5.41, 5.74) is 7.81. The van der Waals surface area contributed by atoms with Crippen LogP contribution in [0.3, 0.4) is 0 Å². The van der Waals surface area contributed by atoms with E-state index in [-0.39, 0.29) is 0 Å². The van der Waals surface area contributed by atoms with E-state index in [1.165, 1.54) is 0 Å². The lowest BCUT2D eigenvalue weighted by Gasteiger charge is -2.09. The van der Waals surface area contributed by atoms with Crippen LogP contribution in [-0.2, 0) is 0 Å². The molecule has 1 heterocycles. The summed E-state index contributed by atoms with van der Waals surface area (Å²) in [5.74, 6) is 1.05. The van der Waals surface area contributed by atoms with E-state index in [9.17, 15) is 0 Å². The fraction of sp³-hybridized carbons (Fsp3) is 0.545. The Bertz CT molecular complexity index is 269. The van der Waals surface area contributed by atoms with E-state index in [0.29, 0.717) is 11.7 Å². The Morgan fingerprint density at radius 3 is 2.36 bits per heavy atom. The Morgan fingerprint density at radius 1 is 1.36 bits per heavy atom. The van der Waals surface area contributed by atoms with E-state index in [1.54, 1.807) is 6.20 Å². The Kier molecular flexibility index (Phi) is 5.68. The molecule has 0 bridgehead atoms. The fourth-order valence-corrected chi connectivity index (χ4v) is 1.09. The van der Waals surface area contributed by atoms with Gasteiger partial charge >= 0.3 is 0 Å². The van der Waals surface area contributed by atoms with Crippen LogP contribution in [-0.4, -0.2) is 12.0 Å². The van der Waals surface area contributed by atoms with Crippen molar-refractivity contribution in [3.63, 3.8) is 0 Å². The maximum atomic E-state index is 5.71. The molecule has 0 aliphatic carbocycles. The molecule has 0 amide bonds. The standard InChI is InChI=1S/C9H15N3.C2H6/c1-6(2)8-4-7(11-3)5-12-9(8)10;1-2/h4-6,11H,1-3H3,(H2,10,12);1-2H3. The average Bonchev–Trinajstić information content (AvgIpc) is 2.21. The second kappa shape index (κ2) is 6.24. The molecule has 14 heavy (non-hydrogen) atoms. The Morgan fingerprint density at radius 2 is 1.93 bits per heavy atom. The van der Waals surface area contributed by atoms with Gasteiger partial charge < -0.3 is 11.1 Å². The van der Waals surface area contributed by atoms with Crippen LogP contribution in [0, 0.1) is 0 Å². The second-order valence-electron chi connectivity index (χ2n) is 3.10. The lowest BCUT2D eigenvalue weighted by atomic mass is 10.0. The number of anilines is 2. The molecule has 0 radical (unpaired) electrons. The van der Waals surface area contributed by atoms with Gasteiger partial charge in [0.1, 0.15) is 5.82 Å². The Balaban J connectivity index is 0.000000791. The highest BCUT2D eigenvalue weighted by Gasteiger charge is 2.05. The van der Waals surface area contributed by atoms with Crippen molar-refractivity contribution in [3.8, 4) is 0 Å². The minimum atomic E-state index is 0.422. The van der Waals surface area contributed by atoms with E-state index < -0.39 is 0 Å². The van der Waals surface area contributed by atoms with Gasteiger partial charge in [0, 0.05) is 7.05 Å². The summed E-state index contributed by atoms with van der Waals surface area (Å²) in [6.45, 7) is 8.21. The summed E-state index contributed by atoms with van der Waals surface area (Å²) in [7, 11) is 1.87. The minimum Gasteiger partial charge on any atom is -0.387 e. The van der Waals surface area contributed by atoms with Crippen LogP contribution >= 0.6 is 0 Å². The molecule has 3 N–H and O–H groups in total. The number of nitrogen functional groups attached to an aromatic ring is 1. The third kappa shape index (κ3) is 3.24. The highest BCUT2D eigenvalue weighted by atomic mass is 14.9. The quantitative estimate of drug-likeness (QED) is 0.763. The number of pyridine rings is 1. The van der Waals surface area contributed by atoms with E-state index in [1.807, 2.05) is 27.0 Å². The molecule has 0 saturated carbocycles. The summed E-state index contributed by atoms with van der Waals surface area (Å²) in [6.07, 6.45) is 1.74. The van der Waals surface area contributed by atoms with Crippen molar-refractivity contribution in [2.45, 2.75) is 33.6 Å². The van der Waals surface area contributed by atoms with E-state index in [4.69, 9.17) is 5.73 Å². The van der Waals surface area contributed by atoms with Crippen LogP contribution < -0.4 is 11.1 Å². The lowest BCUT2D eigenvalue weighted by molar-refractivity contribution is 0.863. The molecular weight excluding hydrogens is 174 g/mol. The molecule has 1 aromatic rings. The molecule has 80 valence electrons. The first kappa shape index (κ1) is 12.8. The number of nitrogens with zero attached hydrogens (tertiary/aromatic N) is 1. The first-order chi connectivity index (χ1) is 6.65. The maximum Gasteiger partial charge on any atom is 0.126 e. The van der Waals surface area contributed by atoms with Crippen molar-refractivity contribution in [3.05, 3.63) is 17.8 Å². The number of aromatic nitrogens is 1. The van der Waals surface area contributed by atoms with Crippen molar-refractivity contribution in [1.82, 2.24) is 4.98 Å². The van der Waals surface area contributed by atoms with Gasteiger partial charge in [-0.25, -0.2) is 4.98 Å². The zero-order valence-electron chi connectivity index (χ0n) is 9.76. The van der Waals surface area contributed by atoms with Crippen molar-refractivity contribution in [1.29, 1.82) is 0 Å². The highest BCUT2D eigenvalue weighted by Crippen LogP contribution is 2.22. The minimum absolute atomic E-state index is 0.422. The predicted octanol–water partition coefficient (Wildman–Crippen LogP) is 2.86. The van der Waals surface area contributed by atoms with Gasteiger partial charge in [-0.2, -0.15) is 0 Å². The largest absolute Gasteiger partial charge is 0.387 e. The topological polar surface area (TPSA) is 50.9 Å². The van der Waals surface area contributed by atoms with Crippen LogP contribution in [0.15, 0.2) is 12.3 Å². The molecule has 3 nitrogen and oxygen atoms in total. The maximum absolute atomic E-state index is 5.71. The zero-order valence-corrected chi connectivity index (χ0v) is 9.76. The average molecular weight is 195 g/mol. The van der Waals surface area contributed by atoms with Crippen LogP contribution in [0.1, 0.15) is 39.2 Å². The van der Waals surface area contributed by atoms with Gasteiger partial charge in [-0.05, 0) is 17.5 Å². The van der Waals surface area contributed by atoms with Crippen LogP contribution in [0.4, 0.5) is 11.5 Å². The van der Waals surface area contributed by atoms with Gasteiger partial charge in [-0.15, -0.1) is 0 Å². The van der Waals surface area contributed by atoms with Crippen molar-refractivity contribution in [2.24, 2.45) is 0 Å². The first-order valence-electron chi connectivity index (χ1n) is 5.08. The van der Waals surface area contributed by atoms with Gasteiger partial charge in [0.2, 0.25) is 0 Å². The molecular formula is C11H21N3. The van der Waals surface area contributed by atoms with Crippen LogP contribution in [0.25, 0.3) is 0 Å². The normalized spacial score (nSPS) is 9.29. The van der Waals surface area contributed by atoms with Gasteiger partial charge in [-0.1, -0.05) is 27.7 Å². The molecule has 0 aliphatic heterocycles. The smallest absolute Gasteiger partial charge is 0.126 e. The summed E-state index contributed by atoms with van der Waals surface area (Å²) < 4.78 is 0. The monoisotopic (exact) mass is 195 g/mol. The molecule has 0 atom stereocenters. The number of rotatable bonds is 2. The summed E-state index contributed by atoms with van der Waals surface area (Å²) >= 11 is 0. The molecule has 0 unspecified atom stereocenters. The zero-order chi connectivity index (χ0) is 11.1. The first-order valence-corrected chi connectivity index (χ1v) is 5.08. The third-order valence-electron chi connectivity index (χ3n) is 1.86. The lowest BCUT2D eigenvalue weighted by Crippen LogP contribution is -2.01. The molecule has 1 rings (SSSR count). The number of hydrogen-bond donors (Lipinski definition) is 2. The highest BCUT2D eigenvalue weighted by molar-refractivity contribution is 5.52. The second-order valence-corrected chi connectivity index (χ2v) is 3.10. The van der Waals surface area contributed by atoms with Crippen molar-refractivity contribution in [2.75, 3.05) is 18.1 Å². The van der Waals surface area contributed by atoms with Gasteiger partial charge in [0.05, 0.1) is 11.9 Å². The molecule has 0 aliphatic rings. The molecule has 0 fully saturated rings. The van der Waals surface area contributed by atoms with Crippen LogP contribution in [0.2, 0.25) is 0 Å². The SMILES string of the molecule is CC.CNc1cnc(N)c(C(C)C)c1.